The van der Waals surface area contributed by atoms with E-state index in [1.165, 1.54) is 0 Å². The van der Waals surface area contributed by atoms with Crippen LogP contribution in [0.2, 0.25) is 0 Å². The van der Waals surface area contributed by atoms with Gasteiger partial charge < -0.3 is 4.42 Å². The van der Waals surface area contributed by atoms with E-state index in [2.05, 4.69) is 46.4 Å². The van der Waals surface area contributed by atoms with E-state index in [1.54, 1.807) is 6.33 Å². The van der Waals surface area contributed by atoms with Crippen molar-refractivity contribution < 1.29 is 4.42 Å². The molecule has 6 nitrogen and oxygen atoms in total. The van der Waals surface area contributed by atoms with Crippen molar-refractivity contribution in [3.05, 3.63) is 140 Å². The van der Waals surface area contributed by atoms with Crippen LogP contribution in [0.4, 0.5) is 0 Å². The molecule has 3 aromatic heterocycles. The van der Waals surface area contributed by atoms with Crippen molar-refractivity contribution in [2.75, 3.05) is 0 Å². The molecule has 0 aliphatic heterocycles. The number of hydrogen-bond acceptors (Lipinski definition) is 6. The summed E-state index contributed by atoms with van der Waals surface area (Å²) < 4.78 is 6.16. The predicted molar refractivity (Wildman–Crippen MR) is 170 cm³/mol. The third kappa shape index (κ3) is 4.61. The molecular formula is C37H23N5O. The molecule has 0 atom stereocenters. The number of hydrogen-bond donors (Lipinski definition) is 0. The van der Waals surface area contributed by atoms with E-state index in [1.807, 2.05) is 97.1 Å². The molecule has 3 heterocycles. The summed E-state index contributed by atoms with van der Waals surface area (Å²) in [5.74, 6) is 1.90. The Bertz CT molecular complexity index is 2170. The van der Waals surface area contributed by atoms with Crippen LogP contribution in [0.3, 0.4) is 0 Å². The molecule has 0 saturated carbocycles. The Morgan fingerprint density at radius 2 is 0.977 bits per heavy atom. The number of aromatic nitrogens is 5. The third-order valence-corrected chi connectivity index (χ3v) is 7.47. The molecule has 0 fully saturated rings. The van der Waals surface area contributed by atoms with Gasteiger partial charge in [-0.25, -0.2) is 24.9 Å². The van der Waals surface area contributed by atoms with E-state index in [0.717, 1.165) is 55.6 Å². The van der Waals surface area contributed by atoms with Gasteiger partial charge in [-0.15, -0.1) is 0 Å². The highest BCUT2D eigenvalue weighted by Crippen LogP contribution is 2.34. The second-order valence-electron chi connectivity index (χ2n) is 10.2. The number of furan rings is 1. The van der Waals surface area contributed by atoms with Gasteiger partial charge in [-0.1, -0.05) is 115 Å². The molecule has 5 aromatic carbocycles. The number of rotatable bonds is 5. The molecule has 0 radical (unpaired) electrons. The van der Waals surface area contributed by atoms with E-state index >= 15 is 0 Å². The van der Waals surface area contributed by atoms with Crippen LogP contribution in [-0.4, -0.2) is 24.9 Å². The molecule has 8 aromatic rings. The van der Waals surface area contributed by atoms with Gasteiger partial charge in [-0.2, -0.15) is 0 Å². The zero-order valence-electron chi connectivity index (χ0n) is 22.9. The Kier molecular flexibility index (Phi) is 6.01. The Labute approximate surface area is 247 Å². The first kappa shape index (κ1) is 24.8. The van der Waals surface area contributed by atoms with Gasteiger partial charge in [0, 0.05) is 27.6 Å². The fourth-order valence-corrected chi connectivity index (χ4v) is 5.33. The first-order valence-electron chi connectivity index (χ1n) is 14.0. The topological polar surface area (TPSA) is 77.6 Å². The van der Waals surface area contributed by atoms with E-state index in [9.17, 15) is 0 Å². The Hall–Kier alpha value is -6.01. The molecule has 6 heteroatoms. The fourth-order valence-electron chi connectivity index (χ4n) is 5.33. The van der Waals surface area contributed by atoms with Crippen molar-refractivity contribution in [3.63, 3.8) is 0 Å². The van der Waals surface area contributed by atoms with Crippen molar-refractivity contribution in [1.82, 2.24) is 24.9 Å². The van der Waals surface area contributed by atoms with E-state index in [4.69, 9.17) is 19.4 Å². The molecule has 0 N–H and O–H groups in total. The molecule has 43 heavy (non-hydrogen) atoms. The third-order valence-electron chi connectivity index (χ3n) is 7.47. The molecule has 202 valence electrons. The smallest absolute Gasteiger partial charge is 0.180 e. The highest BCUT2D eigenvalue weighted by atomic mass is 16.3. The van der Waals surface area contributed by atoms with E-state index in [-0.39, 0.29) is 0 Å². The van der Waals surface area contributed by atoms with Crippen molar-refractivity contribution in [1.29, 1.82) is 0 Å². The lowest BCUT2D eigenvalue weighted by atomic mass is 10.0. The molecule has 0 unspecified atom stereocenters. The molecule has 0 spiro atoms. The highest BCUT2D eigenvalue weighted by molar-refractivity contribution is 6.06. The summed E-state index contributed by atoms with van der Waals surface area (Å²) in [7, 11) is 0. The average molecular weight is 554 g/mol. The summed E-state index contributed by atoms with van der Waals surface area (Å²) in [5.41, 5.74) is 8.98. The normalized spacial score (nSPS) is 11.3. The number of fused-ring (bicyclic) bond motifs is 3. The molecular weight excluding hydrogens is 530 g/mol. The fraction of sp³-hybridized carbons (Fsp3) is 0. The predicted octanol–water partition coefficient (Wildman–Crippen LogP) is 8.90. The van der Waals surface area contributed by atoms with Gasteiger partial charge >= 0.3 is 0 Å². The van der Waals surface area contributed by atoms with Crippen LogP contribution in [0.15, 0.2) is 144 Å². The van der Waals surface area contributed by atoms with Crippen LogP contribution >= 0.6 is 0 Å². The quantitative estimate of drug-likeness (QED) is 0.212. The van der Waals surface area contributed by atoms with Gasteiger partial charge in [0.1, 0.15) is 23.1 Å². The summed E-state index contributed by atoms with van der Waals surface area (Å²) in [6.45, 7) is 0. The highest BCUT2D eigenvalue weighted by Gasteiger charge is 2.15. The summed E-state index contributed by atoms with van der Waals surface area (Å²) >= 11 is 0. The number of para-hydroxylation sites is 1. The second-order valence-corrected chi connectivity index (χ2v) is 10.2. The van der Waals surface area contributed by atoms with Crippen molar-refractivity contribution in [2.45, 2.75) is 0 Å². The maximum atomic E-state index is 6.16. The maximum Gasteiger partial charge on any atom is 0.180 e. The maximum absolute atomic E-state index is 6.16. The van der Waals surface area contributed by atoms with Crippen LogP contribution < -0.4 is 0 Å². The lowest BCUT2D eigenvalue weighted by Crippen LogP contribution is -2.00. The van der Waals surface area contributed by atoms with Crippen LogP contribution in [0.25, 0.3) is 78.6 Å². The largest absolute Gasteiger partial charge is 0.452 e. The summed E-state index contributed by atoms with van der Waals surface area (Å²) in [6, 6.07) is 44.6. The van der Waals surface area contributed by atoms with Crippen molar-refractivity contribution >= 4 is 22.1 Å². The van der Waals surface area contributed by atoms with Gasteiger partial charge in [0.15, 0.2) is 23.1 Å². The SMILES string of the molecule is c1ccc(-c2nc(-c3ccccc3)nc(-c3cccc(-c4ccc(-c5ncnc6c5oc5ccccc56)cc4)c3)n2)cc1. The van der Waals surface area contributed by atoms with Crippen LogP contribution in [0.5, 0.6) is 0 Å². The van der Waals surface area contributed by atoms with Crippen LogP contribution in [0, 0.1) is 0 Å². The Morgan fingerprint density at radius 1 is 0.419 bits per heavy atom. The zero-order chi connectivity index (χ0) is 28.6. The van der Waals surface area contributed by atoms with Gasteiger partial charge in [0.05, 0.1) is 0 Å². The second kappa shape index (κ2) is 10.4. The summed E-state index contributed by atoms with van der Waals surface area (Å²) in [6.07, 6.45) is 1.60. The van der Waals surface area contributed by atoms with Crippen molar-refractivity contribution in [3.8, 4) is 56.5 Å². The van der Waals surface area contributed by atoms with E-state index in [0.29, 0.717) is 23.1 Å². The van der Waals surface area contributed by atoms with Gasteiger partial charge in [0.25, 0.3) is 0 Å². The minimum atomic E-state index is 0.624. The minimum Gasteiger partial charge on any atom is -0.452 e. The molecule has 8 rings (SSSR count). The summed E-state index contributed by atoms with van der Waals surface area (Å²) in [4.78, 5) is 23.6. The standard InChI is InChI=1S/C37H23N5O/c1-3-10-26(11-4-1)35-40-36(27-12-5-2-6-13-27)42-37(41-35)29-15-9-14-28(22-29)24-18-20-25(21-19-24)32-34-33(39-23-38-32)30-16-7-8-17-31(30)43-34/h1-23H. The molecule has 0 aliphatic carbocycles. The van der Waals surface area contributed by atoms with Crippen LogP contribution in [-0.2, 0) is 0 Å². The van der Waals surface area contributed by atoms with Gasteiger partial charge in [-0.3, -0.25) is 0 Å². The monoisotopic (exact) mass is 553 g/mol. The molecule has 0 aliphatic rings. The zero-order valence-corrected chi connectivity index (χ0v) is 22.9. The average Bonchev–Trinajstić information content (AvgIpc) is 3.48. The molecule has 0 saturated heterocycles. The lowest BCUT2D eigenvalue weighted by molar-refractivity contribution is 0.667. The first-order chi connectivity index (χ1) is 21.3. The van der Waals surface area contributed by atoms with Gasteiger partial charge in [-0.05, 0) is 29.3 Å². The summed E-state index contributed by atoms with van der Waals surface area (Å²) in [5, 5.41) is 0.985. The first-order valence-corrected chi connectivity index (χ1v) is 14.0. The lowest BCUT2D eigenvalue weighted by Gasteiger charge is -2.10. The van der Waals surface area contributed by atoms with Crippen molar-refractivity contribution in [2.24, 2.45) is 0 Å². The number of benzene rings is 5. The van der Waals surface area contributed by atoms with E-state index < -0.39 is 0 Å². The molecule has 0 bridgehead atoms. The van der Waals surface area contributed by atoms with Gasteiger partial charge in [0.2, 0.25) is 0 Å². The van der Waals surface area contributed by atoms with Crippen LogP contribution in [0.1, 0.15) is 0 Å². The molecule has 0 amide bonds. The minimum absolute atomic E-state index is 0.624. The Morgan fingerprint density at radius 3 is 1.67 bits per heavy atom. The number of nitrogens with zero attached hydrogens (tertiary/aromatic N) is 5. The Balaban J connectivity index is 1.18.